The van der Waals surface area contributed by atoms with E-state index in [4.69, 9.17) is 5.11 Å². The number of urea groups is 1. The van der Waals surface area contributed by atoms with Gasteiger partial charge in [0.15, 0.2) is 0 Å². The molecule has 0 aliphatic heterocycles. The van der Waals surface area contributed by atoms with Crippen LogP contribution in [-0.4, -0.2) is 28.4 Å². The van der Waals surface area contributed by atoms with Gasteiger partial charge in [-0.25, -0.2) is 4.79 Å². The second-order valence-electron chi connectivity index (χ2n) is 6.30. The van der Waals surface area contributed by atoms with Gasteiger partial charge in [-0.2, -0.15) is 0 Å². The molecule has 0 spiro atoms. The number of carbonyl (C=O) groups excluding carboxylic acids is 1. The number of pyridine rings is 1. The zero-order valence-electron chi connectivity index (χ0n) is 14.6. The number of hydrogen-bond donors (Lipinski definition) is 3. The highest BCUT2D eigenvalue weighted by atomic mass is 16.3. The van der Waals surface area contributed by atoms with Gasteiger partial charge in [-0.15, -0.1) is 0 Å². The highest BCUT2D eigenvalue weighted by Crippen LogP contribution is 2.07. The number of carbonyl (C=O) groups is 1. The SMILES string of the molecule is CC(C)C(CCO)NC(=O)Nc1cccn(Cc2ccccc2)c1=O. The van der Waals surface area contributed by atoms with E-state index in [0.29, 0.717) is 13.0 Å². The number of amides is 2. The number of aliphatic hydroxyl groups excluding tert-OH is 1. The molecule has 1 atom stereocenters. The van der Waals surface area contributed by atoms with Crippen molar-refractivity contribution in [2.45, 2.75) is 32.9 Å². The van der Waals surface area contributed by atoms with Crippen LogP contribution in [0.1, 0.15) is 25.8 Å². The molecule has 0 bridgehead atoms. The number of aliphatic hydroxyl groups is 1. The van der Waals surface area contributed by atoms with Gasteiger partial charge >= 0.3 is 6.03 Å². The topological polar surface area (TPSA) is 83.4 Å². The van der Waals surface area contributed by atoms with Crippen molar-refractivity contribution in [3.05, 3.63) is 64.6 Å². The molecule has 25 heavy (non-hydrogen) atoms. The molecular formula is C19H25N3O3. The molecule has 0 radical (unpaired) electrons. The first-order chi connectivity index (χ1) is 12.0. The zero-order valence-corrected chi connectivity index (χ0v) is 14.6. The van der Waals surface area contributed by atoms with E-state index in [1.54, 1.807) is 22.9 Å². The molecule has 2 amide bonds. The van der Waals surface area contributed by atoms with Crippen LogP contribution < -0.4 is 16.2 Å². The molecule has 1 aromatic carbocycles. The number of hydrogen-bond acceptors (Lipinski definition) is 3. The molecule has 0 aliphatic carbocycles. The zero-order chi connectivity index (χ0) is 18.2. The number of aromatic nitrogens is 1. The van der Waals surface area contributed by atoms with Gasteiger partial charge in [-0.1, -0.05) is 44.2 Å². The maximum absolute atomic E-state index is 12.5. The maximum atomic E-state index is 12.5. The maximum Gasteiger partial charge on any atom is 0.319 e. The standard InChI is InChI=1S/C19H25N3O3/c1-14(2)16(10-12-23)20-19(25)21-17-9-6-11-22(18(17)24)13-15-7-4-3-5-8-15/h3-9,11,14,16,23H,10,12-13H2,1-2H3,(H2,20,21,25). The van der Waals surface area contributed by atoms with Crippen LogP contribution in [0.5, 0.6) is 0 Å². The van der Waals surface area contributed by atoms with Crippen LogP contribution in [0.25, 0.3) is 0 Å². The van der Waals surface area contributed by atoms with Crippen LogP contribution >= 0.6 is 0 Å². The van der Waals surface area contributed by atoms with E-state index < -0.39 is 6.03 Å². The summed E-state index contributed by atoms with van der Waals surface area (Å²) >= 11 is 0. The van der Waals surface area contributed by atoms with Crippen LogP contribution in [0.4, 0.5) is 10.5 Å². The minimum atomic E-state index is -0.443. The fourth-order valence-electron chi connectivity index (χ4n) is 2.57. The van der Waals surface area contributed by atoms with Crippen molar-refractivity contribution in [2.24, 2.45) is 5.92 Å². The molecule has 2 rings (SSSR count). The fraction of sp³-hybridized carbons (Fsp3) is 0.368. The molecule has 2 aromatic rings. The van der Waals surface area contributed by atoms with E-state index in [9.17, 15) is 9.59 Å². The molecule has 1 heterocycles. The molecule has 0 saturated heterocycles. The first-order valence-electron chi connectivity index (χ1n) is 8.43. The average Bonchev–Trinajstić information content (AvgIpc) is 2.59. The van der Waals surface area contributed by atoms with E-state index in [0.717, 1.165) is 5.56 Å². The predicted octanol–water partition coefficient (Wildman–Crippen LogP) is 2.43. The summed E-state index contributed by atoms with van der Waals surface area (Å²) in [5.41, 5.74) is 0.973. The summed E-state index contributed by atoms with van der Waals surface area (Å²) in [6, 6.07) is 12.4. The Labute approximate surface area is 147 Å². The van der Waals surface area contributed by atoms with E-state index in [2.05, 4.69) is 10.6 Å². The van der Waals surface area contributed by atoms with E-state index in [1.165, 1.54) is 0 Å². The van der Waals surface area contributed by atoms with Crippen LogP contribution in [0.15, 0.2) is 53.5 Å². The monoisotopic (exact) mass is 343 g/mol. The van der Waals surface area contributed by atoms with Gasteiger partial charge in [0.2, 0.25) is 0 Å². The van der Waals surface area contributed by atoms with Crippen molar-refractivity contribution in [3.63, 3.8) is 0 Å². The Morgan fingerprint density at radius 1 is 1.16 bits per heavy atom. The summed E-state index contributed by atoms with van der Waals surface area (Å²) in [4.78, 5) is 24.7. The second-order valence-corrected chi connectivity index (χ2v) is 6.30. The molecular weight excluding hydrogens is 318 g/mol. The number of nitrogens with one attached hydrogen (secondary N) is 2. The molecule has 1 aromatic heterocycles. The normalized spacial score (nSPS) is 12.0. The average molecular weight is 343 g/mol. The molecule has 1 unspecified atom stereocenters. The molecule has 0 fully saturated rings. The third-order valence-corrected chi connectivity index (χ3v) is 4.03. The van der Waals surface area contributed by atoms with Gasteiger partial charge in [0.1, 0.15) is 5.69 Å². The molecule has 0 aliphatic rings. The molecule has 6 nitrogen and oxygen atoms in total. The summed E-state index contributed by atoms with van der Waals surface area (Å²) < 4.78 is 1.55. The third-order valence-electron chi connectivity index (χ3n) is 4.03. The first-order valence-corrected chi connectivity index (χ1v) is 8.43. The highest BCUT2D eigenvalue weighted by Gasteiger charge is 2.16. The van der Waals surface area contributed by atoms with Gasteiger partial charge < -0.3 is 20.3 Å². The van der Waals surface area contributed by atoms with Crippen molar-refractivity contribution in [1.82, 2.24) is 9.88 Å². The largest absolute Gasteiger partial charge is 0.396 e. The van der Waals surface area contributed by atoms with Gasteiger partial charge in [-0.3, -0.25) is 4.79 Å². The minimum Gasteiger partial charge on any atom is -0.396 e. The predicted molar refractivity (Wildman–Crippen MR) is 98.7 cm³/mol. The lowest BCUT2D eigenvalue weighted by molar-refractivity contribution is 0.227. The number of benzene rings is 1. The van der Waals surface area contributed by atoms with Crippen LogP contribution in [0.3, 0.4) is 0 Å². The number of nitrogens with zero attached hydrogens (tertiary/aromatic N) is 1. The fourth-order valence-corrected chi connectivity index (χ4v) is 2.57. The molecule has 134 valence electrons. The highest BCUT2D eigenvalue weighted by molar-refractivity contribution is 5.89. The van der Waals surface area contributed by atoms with E-state index in [1.807, 2.05) is 44.2 Å². The van der Waals surface area contributed by atoms with Crippen LogP contribution in [0, 0.1) is 5.92 Å². The summed E-state index contributed by atoms with van der Waals surface area (Å²) in [5, 5.41) is 14.5. The van der Waals surface area contributed by atoms with Crippen LogP contribution in [-0.2, 0) is 6.54 Å². The van der Waals surface area contributed by atoms with Crippen molar-refractivity contribution in [1.29, 1.82) is 0 Å². The van der Waals surface area contributed by atoms with Crippen molar-refractivity contribution < 1.29 is 9.90 Å². The Morgan fingerprint density at radius 2 is 1.88 bits per heavy atom. The van der Waals surface area contributed by atoms with E-state index >= 15 is 0 Å². The second kappa shape index (κ2) is 9.03. The lowest BCUT2D eigenvalue weighted by Crippen LogP contribution is -2.42. The van der Waals surface area contributed by atoms with Crippen molar-refractivity contribution >= 4 is 11.7 Å². The third kappa shape index (κ3) is 5.46. The molecule has 0 saturated carbocycles. The first kappa shape index (κ1) is 18.7. The van der Waals surface area contributed by atoms with Crippen molar-refractivity contribution in [2.75, 3.05) is 11.9 Å². The Hall–Kier alpha value is -2.60. The molecule has 3 N–H and O–H groups in total. The van der Waals surface area contributed by atoms with E-state index in [-0.39, 0.29) is 29.8 Å². The minimum absolute atomic E-state index is 0.00164. The van der Waals surface area contributed by atoms with Gasteiger partial charge in [0, 0.05) is 18.8 Å². The summed E-state index contributed by atoms with van der Waals surface area (Å²) in [7, 11) is 0. The summed E-state index contributed by atoms with van der Waals surface area (Å²) in [6.07, 6.45) is 2.17. The summed E-state index contributed by atoms with van der Waals surface area (Å²) in [5.74, 6) is 0.184. The lowest BCUT2D eigenvalue weighted by atomic mass is 10.0. The lowest BCUT2D eigenvalue weighted by Gasteiger charge is -2.21. The van der Waals surface area contributed by atoms with Gasteiger partial charge in [0.05, 0.1) is 6.54 Å². The smallest absolute Gasteiger partial charge is 0.319 e. The van der Waals surface area contributed by atoms with Crippen molar-refractivity contribution in [3.8, 4) is 0 Å². The Bertz CT molecular complexity index is 741. The van der Waals surface area contributed by atoms with Crippen LogP contribution in [0.2, 0.25) is 0 Å². The van der Waals surface area contributed by atoms with Gasteiger partial charge in [-0.05, 0) is 30.0 Å². The summed E-state index contributed by atoms with van der Waals surface area (Å²) in [6.45, 7) is 4.38. The Morgan fingerprint density at radius 3 is 2.52 bits per heavy atom. The Balaban J connectivity index is 2.08. The quantitative estimate of drug-likeness (QED) is 0.722. The Kier molecular flexibility index (Phi) is 6.77. The molecule has 6 heteroatoms. The van der Waals surface area contributed by atoms with Gasteiger partial charge in [0.25, 0.3) is 5.56 Å². The number of anilines is 1. The number of rotatable bonds is 7.